The normalized spacial score (nSPS) is 10.8. The van der Waals surface area contributed by atoms with E-state index in [2.05, 4.69) is 31.2 Å². The Labute approximate surface area is 173 Å². The summed E-state index contributed by atoms with van der Waals surface area (Å²) in [5.74, 6) is 0.684. The first-order valence-electron chi connectivity index (χ1n) is 8.55. The van der Waals surface area contributed by atoms with Gasteiger partial charge in [0.2, 0.25) is 5.95 Å². The molecule has 29 heavy (non-hydrogen) atoms. The van der Waals surface area contributed by atoms with E-state index in [-0.39, 0.29) is 17.3 Å². The smallest absolute Gasteiger partial charge is 0.292 e. The Morgan fingerprint density at radius 3 is 2.48 bits per heavy atom. The zero-order chi connectivity index (χ0) is 20.5. The molecule has 1 heterocycles. The third-order valence-electron chi connectivity index (χ3n) is 4.36. The molecule has 0 unspecified atom stereocenters. The van der Waals surface area contributed by atoms with Crippen LogP contribution in [0.2, 0.25) is 0 Å². The van der Waals surface area contributed by atoms with E-state index in [1.54, 1.807) is 12.1 Å². The van der Waals surface area contributed by atoms with Gasteiger partial charge in [0.25, 0.3) is 5.69 Å². The molecule has 5 N–H and O–H groups in total. The Bertz CT molecular complexity index is 1260. The Hall–Kier alpha value is -3.72. The number of halogens is 1. The summed E-state index contributed by atoms with van der Waals surface area (Å²) in [5, 5.41) is 15.2. The van der Waals surface area contributed by atoms with Gasteiger partial charge in [-0.15, -0.1) is 0 Å². The number of aromatic nitrogens is 2. The van der Waals surface area contributed by atoms with Crippen molar-refractivity contribution < 1.29 is 4.92 Å². The van der Waals surface area contributed by atoms with Gasteiger partial charge >= 0.3 is 0 Å². The lowest BCUT2D eigenvalue weighted by molar-refractivity contribution is -0.383. The summed E-state index contributed by atoms with van der Waals surface area (Å²) < 4.78 is 0.920. The summed E-state index contributed by atoms with van der Waals surface area (Å²) >= 11 is 3.44. The van der Waals surface area contributed by atoms with Crippen LogP contribution in [0.1, 0.15) is 0 Å². The van der Waals surface area contributed by atoms with Gasteiger partial charge in [-0.05, 0) is 47.5 Å². The highest BCUT2D eigenvalue weighted by Gasteiger charge is 2.14. The largest absolute Gasteiger partial charge is 0.393 e. The maximum Gasteiger partial charge on any atom is 0.292 e. The molecule has 0 spiro atoms. The van der Waals surface area contributed by atoms with Gasteiger partial charge in [-0.2, -0.15) is 4.98 Å². The molecule has 4 aromatic rings. The molecule has 3 aromatic carbocycles. The van der Waals surface area contributed by atoms with E-state index in [1.807, 2.05) is 36.4 Å². The average Bonchev–Trinajstić information content (AvgIpc) is 2.68. The minimum absolute atomic E-state index is 0.118. The second-order valence-corrected chi connectivity index (χ2v) is 7.24. The van der Waals surface area contributed by atoms with Crippen LogP contribution < -0.4 is 16.8 Å². The highest BCUT2D eigenvalue weighted by Crippen LogP contribution is 2.33. The first-order chi connectivity index (χ1) is 13.9. The Kier molecular flexibility index (Phi) is 4.73. The first kappa shape index (κ1) is 18.6. The number of hydrogen-bond acceptors (Lipinski definition) is 7. The Morgan fingerprint density at radius 2 is 1.72 bits per heavy atom. The van der Waals surface area contributed by atoms with Gasteiger partial charge in [0.05, 0.1) is 10.4 Å². The first-order valence-corrected chi connectivity index (χ1v) is 9.34. The van der Waals surface area contributed by atoms with Crippen molar-refractivity contribution in [2.24, 2.45) is 0 Å². The van der Waals surface area contributed by atoms with E-state index in [1.165, 1.54) is 12.1 Å². The molecule has 0 aliphatic rings. The number of nitro groups is 1. The summed E-state index contributed by atoms with van der Waals surface area (Å²) in [6.45, 7) is 0. The third-order valence-corrected chi connectivity index (χ3v) is 4.85. The highest BCUT2D eigenvalue weighted by atomic mass is 79.9. The molecule has 0 saturated heterocycles. The number of fused-ring (bicyclic) bond motifs is 1. The maximum absolute atomic E-state index is 11.2. The molecule has 0 atom stereocenters. The minimum atomic E-state index is -0.496. The maximum atomic E-state index is 11.2. The summed E-state index contributed by atoms with van der Waals surface area (Å²) in [6.07, 6.45) is 0. The molecular formula is C20H15BrN6O2. The number of nitrogen functional groups attached to an aromatic ring is 2. The SMILES string of the molecule is Nc1nc(Nc2cccc(Br)c2)c2cc(-c3ccc(N)c([N+](=O)[O-])c3)ccc2n1. The van der Waals surface area contributed by atoms with Crippen molar-refractivity contribution in [2.45, 2.75) is 0 Å². The summed E-state index contributed by atoms with van der Waals surface area (Å²) in [7, 11) is 0. The van der Waals surface area contributed by atoms with Crippen LogP contribution in [0.4, 0.5) is 28.8 Å². The van der Waals surface area contributed by atoms with E-state index >= 15 is 0 Å². The van der Waals surface area contributed by atoms with Crippen LogP contribution in [-0.4, -0.2) is 14.9 Å². The molecule has 4 rings (SSSR count). The third kappa shape index (κ3) is 3.81. The van der Waals surface area contributed by atoms with E-state index in [9.17, 15) is 10.1 Å². The van der Waals surface area contributed by atoms with E-state index in [0.29, 0.717) is 16.9 Å². The summed E-state index contributed by atoms with van der Waals surface area (Å²) in [4.78, 5) is 19.3. The zero-order valence-corrected chi connectivity index (χ0v) is 16.6. The van der Waals surface area contributed by atoms with Crippen LogP contribution in [0.25, 0.3) is 22.0 Å². The minimum Gasteiger partial charge on any atom is -0.393 e. The quantitative estimate of drug-likeness (QED) is 0.229. The van der Waals surface area contributed by atoms with Crippen molar-refractivity contribution in [2.75, 3.05) is 16.8 Å². The number of hydrogen-bond donors (Lipinski definition) is 3. The number of rotatable bonds is 4. The van der Waals surface area contributed by atoms with Crippen molar-refractivity contribution in [3.8, 4) is 11.1 Å². The molecular weight excluding hydrogens is 436 g/mol. The van der Waals surface area contributed by atoms with Gasteiger partial charge in [0.15, 0.2) is 0 Å². The summed E-state index contributed by atoms with van der Waals surface area (Å²) in [6, 6.07) is 17.9. The van der Waals surface area contributed by atoms with Gasteiger partial charge in [-0.3, -0.25) is 10.1 Å². The molecule has 1 aromatic heterocycles. The van der Waals surface area contributed by atoms with Crippen LogP contribution in [0, 0.1) is 10.1 Å². The van der Waals surface area contributed by atoms with Gasteiger partial charge in [0.1, 0.15) is 11.5 Å². The highest BCUT2D eigenvalue weighted by molar-refractivity contribution is 9.10. The van der Waals surface area contributed by atoms with Gasteiger partial charge < -0.3 is 16.8 Å². The van der Waals surface area contributed by atoms with Gasteiger partial charge in [-0.1, -0.05) is 34.1 Å². The van der Waals surface area contributed by atoms with Gasteiger partial charge in [0, 0.05) is 21.6 Å². The fourth-order valence-corrected chi connectivity index (χ4v) is 3.40. The fourth-order valence-electron chi connectivity index (χ4n) is 3.01. The number of nitrogens with one attached hydrogen (secondary N) is 1. The van der Waals surface area contributed by atoms with Crippen molar-refractivity contribution in [1.82, 2.24) is 9.97 Å². The molecule has 0 aliphatic carbocycles. The van der Waals surface area contributed by atoms with Crippen LogP contribution in [0.3, 0.4) is 0 Å². The monoisotopic (exact) mass is 450 g/mol. The second kappa shape index (κ2) is 7.36. The molecule has 0 bridgehead atoms. The number of nitrogens with zero attached hydrogens (tertiary/aromatic N) is 3. The molecule has 8 nitrogen and oxygen atoms in total. The predicted octanol–water partition coefficient (Wildman–Crippen LogP) is 4.88. The number of nitrogens with two attached hydrogens (primary N) is 2. The Morgan fingerprint density at radius 1 is 0.966 bits per heavy atom. The molecule has 0 fully saturated rings. The molecule has 0 amide bonds. The summed E-state index contributed by atoms with van der Waals surface area (Å²) in [5.41, 5.74) is 14.5. The van der Waals surface area contributed by atoms with Crippen LogP contribution in [0.15, 0.2) is 65.1 Å². The van der Waals surface area contributed by atoms with Crippen LogP contribution >= 0.6 is 15.9 Å². The molecule has 0 saturated carbocycles. The zero-order valence-electron chi connectivity index (χ0n) is 15.0. The van der Waals surface area contributed by atoms with Crippen LogP contribution in [0.5, 0.6) is 0 Å². The molecule has 144 valence electrons. The Balaban J connectivity index is 1.84. The van der Waals surface area contributed by atoms with E-state index in [4.69, 9.17) is 11.5 Å². The lowest BCUT2D eigenvalue weighted by Crippen LogP contribution is -2.01. The molecule has 0 radical (unpaired) electrons. The molecule has 0 aliphatic heterocycles. The average molecular weight is 451 g/mol. The van der Waals surface area contributed by atoms with Crippen molar-refractivity contribution in [3.63, 3.8) is 0 Å². The van der Waals surface area contributed by atoms with Crippen LogP contribution in [-0.2, 0) is 0 Å². The van der Waals surface area contributed by atoms with Crippen molar-refractivity contribution in [3.05, 3.63) is 75.3 Å². The molecule has 9 heteroatoms. The van der Waals surface area contributed by atoms with E-state index < -0.39 is 4.92 Å². The van der Waals surface area contributed by atoms with Gasteiger partial charge in [-0.25, -0.2) is 4.98 Å². The van der Waals surface area contributed by atoms with Crippen molar-refractivity contribution >= 4 is 55.7 Å². The van der Waals surface area contributed by atoms with Crippen molar-refractivity contribution in [1.29, 1.82) is 0 Å². The van der Waals surface area contributed by atoms with E-state index in [0.717, 1.165) is 21.1 Å². The predicted molar refractivity (Wildman–Crippen MR) is 118 cm³/mol. The topological polar surface area (TPSA) is 133 Å². The number of nitro benzene ring substituents is 1. The lowest BCUT2D eigenvalue weighted by atomic mass is 10.0. The number of benzene rings is 3. The number of anilines is 4. The lowest BCUT2D eigenvalue weighted by Gasteiger charge is -2.11. The fraction of sp³-hybridized carbons (Fsp3) is 0. The standard InChI is InChI=1S/C20H15BrN6O2/c21-13-2-1-3-14(10-13)24-19-15-8-11(5-7-17(15)25-20(23)26-19)12-4-6-16(22)18(9-12)27(28)29/h1-10H,22H2,(H3,23,24,25,26). The second-order valence-electron chi connectivity index (χ2n) is 6.33.